The van der Waals surface area contributed by atoms with Gasteiger partial charge in [-0.05, 0) is 51.5 Å². The number of likely N-dealkylation sites (tertiary alicyclic amines) is 2. The first-order valence-corrected chi connectivity index (χ1v) is 13.8. The Kier molecular flexibility index (Phi) is 8.38. The fraction of sp³-hybridized carbons (Fsp3) is 0.345. The highest BCUT2D eigenvalue weighted by molar-refractivity contribution is 5.98. The summed E-state index contributed by atoms with van der Waals surface area (Å²) in [5, 5.41) is 24.2. The maximum absolute atomic E-state index is 14.5. The zero-order valence-corrected chi connectivity index (χ0v) is 24.2. The number of carbonyl (C=O) groups excluding carboxylic acids is 2. The molecule has 2 amide bonds. The van der Waals surface area contributed by atoms with Crippen LogP contribution < -0.4 is 0 Å². The number of hydrogen-bond acceptors (Lipinski definition) is 8. The normalized spacial score (nSPS) is 17.6. The standard InChI is InChI=1S/C20H24FN5O3.C9H6FN3O2/c1-20(2,3)29-19(28)24-10-7-13-11-25(16(13)12-24)18(27)14-5-4-6-15(21)17(14)26-22-8-9-23-26;10-7-3-1-2-6(9(14)15)8(7)13-11-4-5-12-13/h4-6,8-9,13,16H,7,10-12H2,1-3H3;1-5H,(H,14,15)/t13-,16-;/m1./s1. The van der Waals surface area contributed by atoms with Gasteiger partial charge >= 0.3 is 12.1 Å². The third kappa shape index (κ3) is 6.26. The molecule has 13 nitrogen and oxygen atoms in total. The predicted octanol–water partition coefficient (Wildman–Crippen LogP) is 3.59. The van der Waals surface area contributed by atoms with Crippen molar-refractivity contribution in [2.24, 2.45) is 5.92 Å². The highest BCUT2D eigenvalue weighted by Gasteiger charge is 2.47. The SMILES string of the molecule is CC(C)(C)OC(=O)N1CC[C@@H]2CN(C(=O)c3cccc(F)c3-n3nccn3)[C@@H]2C1.O=C(O)c1cccc(F)c1-n1nccn1. The van der Waals surface area contributed by atoms with Crippen LogP contribution in [-0.2, 0) is 4.74 Å². The number of fused-ring (bicyclic) bond motifs is 1. The number of carbonyl (C=O) groups is 3. The average molecular weight is 609 g/mol. The summed E-state index contributed by atoms with van der Waals surface area (Å²) in [6.07, 6.45) is 5.99. The average Bonchev–Trinajstić information content (AvgIpc) is 3.68. The first kappa shape index (κ1) is 30.3. The van der Waals surface area contributed by atoms with Crippen LogP contribution in [0.2, 0.25) is 0 Å². The number of piperidine rings is 1. The van der Waals surface area contributed by atoms with E-state index in [2.05, 4.69) is 20.4 Å². The molecule has 2 aliphatic heterocycles. The molecule has 0 saturated carbocycles. The van der Waals surface area contributed by atoms with Gasteiger partial charge in [-0.3, -0.25) is 4.79 Å². The molecule has 2 fully saturated rings. The minimum absolute atomic E-state index is 0.0331. The van der Waals surface area contributed by atoms with Crippen LogP contribution in [0.3, 0.4) is 0 Å². The molecule has 44 heavy (non-hydrogen) atoms. The van der Waals surface area contributed by atoms with E-state index < -0.39 is 23.2 Å². The second-order valence-corrected chi connectivity index (χ2v) is 11.2. The van der Waals surface area contributed by atoms with Crippen molar-refractivity contribution in [2.45, 2.75) is 38.8 Å². The van der Waals surface area contributed by atoms with Gasteiger partial charge in [0.15, 0.2) is 11.6 Å². The molecule has 2 aliphatic rings. The first-order valence-electron chi connectivity index (χ1n) is 13.8. The van der Waals surface area contributed by atoms with Crippen LogP contribution in [0, 0.1) is 17.6 Å². The lowest BCUT2D eigenvalue weighted by Crippen LogP contribution is -2.66. The molecular formula is C29H30F2N8O5. The van der Waals surface area contributed by atoms with Crippen LogP contribution in [0.5, 0.6) is 0 Å². The van der Waals surface area contributed by atoms with Gasteiger partial charge in [0.25, 0.3) is 5.91 Å². The van der Waals surface area contributed by atoms with Gasteiger partial charge in [-0.15, -0.1) is 9.59 Å². The van der Waals surface area contributed by atoms with E-state index in [1.807, 2.05) is 20.8 Å². The number of carboxylic acid groups (broad SMARTS) is 1. The van der Waals surface area contributed by atoms with Gasteiger partial charge in [-0.1, -0.05) is 12.1 Å². The van der Waals surface area contributed by atoms with Gasteiger partial charge in [0, 0.05) is 25.6 Å². The van der Waals surface area contributed by atoms with Crippen LogP contribution in [0.1, 0.15) is 47.9 Å². The molecule has 0 radical (unpaired) electrons. The summed E-state index contributed by atoms with van der Waals surface area (Å²) >= 11 is 0. The Hall–Kier alpha value is -5.21. The smallest absolute Gasteiger partial charge is 0.410 e. The number of benzene rings is 2. The zero-order chi connectivity index (χ0) is 31.6. The Balaban J connectivity index is 0.000000215. The summed E-state index contributed by atoms with van der Waals surface area (Å²) in [5.74, 6) is -2.42. The first-order chi connectivity index (χ1) is 20.9. The van der Waals surface area contributed by atoms with Gasteiger partial charge in [0.1, 0.15) is 17.0 Å². The van der Waals surface area contributed by atoms with Crippen molar-refractivity contribution >= 4 is 18.0 Å². The topological polar surface area (TPSA) is 149 Å². The Morgan fingerprint density at radius 3 is 1.89 bits per heavy atom. The number of aromatic nitrogens is 6. The number of halogens is 2. The van der Waals surface area contributed by atoms with Crippen LogP contribution in [0.15, 0.2) is 61.2 Å². The fourth-order valence-electron chi connectivity index (χ4n) is 5.12. The lowest BCUT2D eigenvalue weighted by atomic mass is 9.82. The third-order valence-electron chi connectivity index (χ3n) is 7.14. The molecule has 0 unspecified atom stereocenters. The van der Waals surface area contributed by atoms with Crippen molar-refractivity contribution < 1.29 is 33.0 Å². The van der Waals surface area contributed by atoms with E-state index in [0.29, 0.717) is 25.6 Å². The monoisotopic (exact) mass is 608 g/mol. The molecule has 230 valence electrons. The van der Waals surface area contributed by atoms with Crippen molar-refractivity contribution in [3.8, 4) is 11.4 Å². The molecule has 0 spiro atoms. The molecule has 15 heteroatoms. The summed E-state index contributed by atoms with van der Waals surface area (Å²) in [6, 6.07) is 8.03. The molecule has 2 saturated heterocycles. The van der Waals surface area contributed by atoms with Gasteiger partial charge in [-0.25, -0.2) is 18.4 Å². The second-order valence-electron chi connectivity index (χ2n) is 11.2. The van der Waals surface area contributed by atoms with Crippen LogP contribution in [-0.4, -0.2) is 94.1 Å². The number of nitrogens with zero attached hydrogens (tertiary/aromatic N) is 8. The van der Waals surface area contributed by atoms with Crippen molar-refractivity contribution in [3.05, 3.63) is 83.9 Å². The number of para-hydroxylation sites is 2. The number of ether oxygens (including phenoxy) is 1. The van der Waals surface area contributed by atoms with Gasteiger partial charge in [-0.2, -0.15) is 20.4 Å². The van der Waals surface area contributed by atoms with Crippen molar-refractivity contribution in [2.75, 3.05) is 19.6 Å². The van der Waals surface area contributed by atoms with Gasteiger partial charge < -0.3 is 19.6 Å². The zero-order valence-electron chi connectivity index (χ0n) is 24.2. The van der Waals surface area contributed by atoms with Crippen molar-refractivity contribution in [3.63, 3.8) is 0 Å². The predicted molar refractivity (Wildman–Crippen MR) is 150 cm³/mol. The second kappa shape index (κ2) is 12.2. The van der Waals surface area contributed by atoms with Crippen LogP contribution in [0.25, 0.3) is 11.4 Å². The minimum atomic E-state index is -1.22. The molecule has 2 aromatic heterocycles. The summed E-state index contributed by atoms with van der Waals surface area (Å²) in [5.41, 5.74) is -0.669. The van der Waals surface area contributed by atoms with E-state index in [4.69, 9.17) is 9.84 Å². The van der Waals surface area contributed by atoms with Gasteiger partial charge in [0.05, 0.1) is 42.0 Å². The lowest BCUT2D eigenvalue weighted by molar-refractivity contribution is -0.0385. The van der Waals surface area contributed by atoms with Crippen molar-refractivity contribution in [1.82, 2.24) is 39.8 Å². The maximum atomic E-state index is 14.5. The Morgan fingerprint density at radius 1 is 0.841 bits per heavy atom. The van der Waals surface area contributed by atoms with Crippen molar-refractivity contribution in [1.29, 1.82) is 0 Å². The maximum Gasteiger partial charge on any atom is 0.410 e. The Morgan fingerprint density at radius 2 is 1.36 bits per heavy atom. The molecule has 6 rings (SSSR count). The number of amides is 2. The highest BCUT2D eigenvalue weighted by Crippen LogP contribution is 2.35. The molecule has 4 aromatic rings. The van der Waals surface area contributed by atoms with Gasteiger partial charge in [0.2, 0.25) is 0 Å². The highest BCUT2D eigenvalue weighted by atomic mass is 19.1. The molecule has 0 bridgehead atoms. The van der Waals surface area contributed by atoms with Crippen LogP contribution >= 0.6 is 0 Å². The van der Waals surface area contributed by atoms with E-state index >= 15 is 0 Å². The lowest BCUT2D eigenvalue weighted by Gasteiger charge is -2.53. The largest absolute Gasteiger partial charge is 0.478 e. The minimum Gasteiger partial charge on any atom is -0.478 e. The number of aromatic carboxylic acids is 1. The summed E-state index contributed by atoms with van der Waals surface area (Å²) in [7, 11) is 0. The fourth-order valence-corrected chi connectivity index (χ4v) is 5.12. The Labute approximate surface area is 250 Å². The van der Waals surface area contributed by atoms with E-state index in [1.165, 1.54) is 49.1 Å². The quantitative estimate of drug-likeness (QED) is 0.367. The summed E-state index contributed by atoms with van der Waals surface area (Å²) in [6.45, 7) is 7.09. The molecule has 0 aliphatic carbocycles. The summed E-state index contributed by atoms with van der Waals surface area (Å²) < 4.78 is 33.3. The molecule has 2 aromatic carbocycles. The molecular weight excluding hydrogens is 578 g/mol. The molecule has 2 atom stereocenters. The van der Waals surface area contributed by atoms with E-state index in [-0.39, 0.29) is 40.5 Å². The molecule has 4 heterocycles. The number of rotatable bonds is 4. The third-order valence-corrected chi connectivity index (χ3v) is 7.14. The van der Waals surface area contributed by atoms with E-state index in [0.717, 1.165) is 22.1 Å². The Bertz CT molecular complexity index is 1660. The van der Waals surface area contributed by atoms with E-state index in [1.54, 1.807) is 15.9 Å². The van der Waals surface area contributed by atoms with Crippen LogP contribution in [0.4, 0.5) is 13.6 Å². The number of hydrogen-bond donors (Lipinski definition) is 1. The summed E-state index contributed by atoms with van der Waals surface area (Å²) in [4.78, 5) is 41.9. The number of carboxylic acids is 1. The van der Waals surface area contributed by atoms with E-state index in [9.17, 15) is 23.2 Å². The molecule has 1 N–H and O–H groups in total.